The molecule has 0 saturated heterocycles. The van der Waals surface area contributed by atoms with E-state index in [0.717, 1.165) is 11.6 Å². The molecule has 10 heteroatoms. The van der Waals surface area contributed by atoms with E-state index in [2.05, 4.69) is 20.1 Å². The highest BCUT2D eigenvalue weighted by Crippen LogP contribution is 2.25. The van der Waals surface area contributed by atoms with E-state index in [9.17, 15) is 13.0 Å². The monoisotopic (exact) mass is 342 g/mol. The van der Waals surface area contributed by atoms with Gasteiger partial charge in [0.2, 0.25) is 0 Å². The summed E-state index contributed by atoms with van der Waals surface area (Å²) < 4.78 is 32.3. The van der Waals surface area contributed by atoms with Gasteiger partial charge >= 0.3 is 0 Å². The second-order valence-electron chi connectivity index (χ2n) is 4.50. The van der Waals surface area contributed by atoms with Gasteiger partial charge in [-0.05, 0) is 28.3 Å². The molecule has 2 aromatic rings. The van der Waals surface area contributed by atoms with Crippen molar-refractivity contribution < 1.29 is 13.0 Å². The summed E-state index contributed by atoms with van der Waals surface area (Å²) in [5, 5.41) is 6.75. The highest BCUT2D eigenvalue weighted by molar-refractivity contribution is 7.86. The summed E-state index contributed by atoms with van der Waals surface area (Å²) >= 11 is 0. The van der Waals surface area contributed by atoms with E-state index in [0.29, 0.717) is 5.69 Å². The molecule has 0 aliphatic heterocycles. The zero-order chi connectivity index (χ0) is 17.6. The molecule has 0 amide bonds. The summed E-state index contributed by atoms with van der Waals surface area (Å²) in [4.78, 5) is 4.87. The maximum Gasteiger partial charge on any atom is 0.295 e. The summed E-state index contributed by atoms with van der Waals surface area (Å²) in [5.41, 5.74) is 18.2. The van der Waals surface area contributed by atoms with Crippen LogP contribution in [0.25, 0.3) is 33.0 Å². The second-order valence-corrected chi connectivity index (χ2v) is 5.89. The fourth-order valence-corrected chi connectivity index (χ4v) is 2.59. The molecule has 0 fully saturated rings. The van der Waals surface area contributed by atoms with Crippen molar-refractivity contribution in [2.45, 2.75) is 4.90 Å². The summed E-state index contributed by atoms with van der Waals surface area (Å²) in [6, 6.07) is 10.5. The van der Waals surface area contributed by atoms with E-state index < -0.39 is 10.1 Å². The third-order valence-corrected chi connectivity index (χ3v) is 3.85. The van der Waals surface area contributed by atoms with Gasteiger partial charge in [0, 0.05) is 21.2 Å². The Hall–Kier alpha value is -3.29. The normalized spacial score (nSPS) is 10.9. The Labute approximate surface area is 136 Å². The first kappa shape index (κ1) is 17.1. The van der Waals surface area contributed by atoms with Crippen molar-refractivity contribution in [1.29, 1.82) is 0 Å². The number of hydrogen-bond donors (Lipinski definition) is 1. The Kier molecular flexibility index (Phi) is 5.20. The van der Waals surface area contributed by atoms with Gasteiger partial charge in [0.15, 0.2) is 0 Å². The van der Waals surface area contributed by atoms with Crippen molar-refractivity contribution in [3.63, 3.8) is 0 Å². The second kappa shape index (κ2) is 7.32. The number of benzene rings is 2. The number of nitrogens with zero attached hydrogens (tertiary/aromatic N) is 6. The van der Waals surface area contributed by atoms with E-state index in [1.807, 2.05) is 0 Å². The van der Waals surface area contributed by atoms with Crippen LogP contribution in [0.3, 0.4) is 0 Å². The average Bonchev–Trinajstić information content (AvgIpc) is 2.54. The highest BCUT2D eigenvalue weighted by Gasteiger charge is 2.14. The molecule has 0 atom stereocenters. The lowest BCUT2D eigenvalue weighted by atomic mass is 10.1. The third kappa shape index (κ3) is 4.35. The van der Waals surface area contributed by atoms with Crippen molar-refractivity contribution in [3.8, 4) is 0 Å². The first-order valence-corrected chi connectivity index (χ1v) is 7.88. The fraction of sp³-hybridized carbons (Fsp3) is 0. The van der Waals surface area contributed by atoms with Crippen molar-refractivity contribution in [2.75, 3.05) is 0 Å². The molecule has 0 aromatic heterocycles. The largest absolute Gasteiger partial charge is 0.295 e. The number of azide groups is 2. The maximum absolute atomic E-state index is 11.5. The van der Waals surface area contributed by atoms with Gasteiger partial charge in [-0.15, -0.1) is 0 Å². The lowest BCUT2D eigenvalue weighted by Crippen LogP contribution is -2.00. The molecular weight excluding hydrogens is 332 g/mol. The summed E-state index contributed by atoms with van der Waals surface area (Å²) in [6.45, 7) is 0. The van der Waals surface area contributed by atoms with Crippen molar-refractivity contribution >= 4 is 33.6 Å². The Balaban J connectivity index is 2.41. The Bertz CT molecular complexity index is 986. The Morgan fingerprint density at radius 3 is 2.08 bits per heavy atom. The smallest absolute Gasteiger partial charge is 0.282 e. The van der Waals surface area contributed by atoms with Crippen LogP contribution in [0.15, 0.2) is 57.6 Å². The standard InChI is InChI=1S/C14H10N6O3S/c15-19-17-12-6-2-10(3-7-12)1-4-11-5-8-13(18-20-16)9-14(11)24(21,22)23/h1-9H,(H,21,22,23)/b4-1+. The predicted molar refractivity (Wildman–Crippen MR) is 89.2 cm³/mol. The molecule has 120 valence electrons. The average molecular weight is 342 g/mol. The third-order valence-electron chi connectivity index (χ3n) is 2.94. The van der Waals surface area contributed by atoms with Gasteiger partial charge in [-0.3, -0.25) is 4.55 Å². The van der Waals surface area contributed by atoms with E-state index in [4.69, 9.17) is 11.1 Å². The minimum atomic E-state index is -4.48. The zero-order valence-corrected chi connectivity index (χ0v) is 12.9. The SMILES string of the molecule is [N-]=[N+]=Nc1ccc(/C=C/c2ccc(N=[N+]=[N-])cc2S(=O)(=O)O)cc1. The number of rotatable bonds is 5. The molecule has 24 heavy (non-hydrogen) atoms. The van der Waals surface area contributed by atoms with Gasteiger partial charge in [0.05, 0.1) is 0 Å². The summed E-state index contributed by atoms with van der Waals surface area (Å²) in [6.07, 6.45) is 3.11. The lowest BCUT2D eigenvalue weighted by Gasteiger charge is -2.04. The summed E-state index contributed by atoms with van der Waals surface area (Å²) in [7, 11) is -4.48. The first-order valence-electron chi connectivity index (χ1n) is 6.44. The van der Waals surface area contributed by atoms with Crippen LogP contribution in [0.5, 0.6) is 0 Å². The molecule has 9 nitrogen and oxygen atoms in total. The molecule has 2 rings (SSSR count). The van der Waals surface area contributed by atoms with Crippen LogP contribution in [0, 0.1) is 0 Å². The molecule has 1 N–H and O–H groups in total. The van der Waals surface area contributed by atoms with Gasteiger partial charge in [0.1, 0.15) is 4.90 Å². The van der Waals surface area contributed by atoms with E-state index in [1.54, 1.807) is 30.3 Å². The van der Waals surface area contributed by atoms with Crippen LogP contribution in [0.2, 0.25) is 0 Å². The van der Waals surface area contributed by atoms with E-state index in [-0.39, 0.29) is 16.1 Å². The highest BCUT2D eigenvalue weighted by atomic mass is 32.2. The van der Waals surface area contributed by atoms with Crippen LogP contribution in [0.1, 0.15) is 11.1 Å². The molecule has 0 radical (unpaired) electrons. The number of hydrogen-bond acceptors (Lipinski definition) is 4. The van der Waals surface area contributed by atoms with Crippen molar-refractivity contribution in [1.82, 2.24) is 0 Å². The minimum absolute atomic E-state index is 0.0704. The van der Waals surface area contributed by atoms with Crippen LogP contribution in [-0.2, 0) is 10.1 Å². The van der Waals surface area contributed by atoms with Crippen molar-refractivity contribution in [2.24, 2.45) is 10.2 Å². The Morgan fingerprint density at radius 2 is 1.50 bits per heavy atom. The predicted octanol–water partition coefficient (Wildman–Crippen LogP) is 4.99. The van der Waals surface area contributed by atoms with Crippen LogP contribution >= 0.6 is 0 Å². The topological polar surface area (TPSA) is 152 Å². The van der Waals surface area contributed by atoms with Crippen LogP contribution in [-0.4, -0.2) is 13.0 Å². The first-order chi connectivity index (χ1) is 11.4. The molecular formula is C14H10N6O3S. The quantitative estimate of drug-likeness (QED) is 0.268. The van der Waals surface area contributed by atoms with E-state index in [1.165, 1.54) is 18.2 Å². The van der Waals surface area contributed by atoms with Crippen LogP contribution in [0.4, 0.5) is 11.4 Å². The molecule has 0 saturated carbocycles. The fourth-order valence-electron chi connectivity index (χ4n) is 1.89. The molecule has 2 aromatic carbocycles. The summed E-state index contributed by atoms with van der Waals surface area (Å²) in [5.74, 6) is 0. The van der Waals surface area contributed by atoms with Gasteiger partial charge in [-0.25, -0.2) is 0 Å². The molecule has 0 bridgehead atoms. The zero-order valence-electron chi connectivity index (χ0n) is 12.1. The van der Waals surface area contributed by atoms with E-state index >= 15 is 0 Å². The van der Waals surface area contributed by atoms with Crippen LogP contribution < -0.4 is 0 Å². The van der Waals surface area contributed by atoms with Gasteiger partial charge in [0.25, 0.3) is 10.1 Å². The Morgan fingerprint density at radius 1 is 0.917 bits per heavy atom. The van der Waals surface area contributed by atoms with Crippen molar-refractivity contribution in [3.05, 3.63) is 74.5 Å². The maximum atomic E-state index is 11.5. The lowest BCUT2D eigenvalue weighted by molar-refractivity contribution is 0.483. The molecule has 0 spiro atoms. The molecule has 0 aliphatic carbocycles. The molecule has 0 unspecified atom stereocenters. The molecule has 0 heterocycles. The molecule has 0 aliphatic rings. The van der Waals surface area contributed by atoms with Gasteiger partial charge < -0.3 is 0 Å². The van der Waals surface area contributed by atoms with Gasteiger partial charge in [-0.2, -0.15) is 8.42 Å². The van der Waals surface area contributed by atoms with Gasteiger partial charge in [-0.1, -0.05) is 58.8 Å². The minimum Gasteiger partial charge on any atom is -0.282 e.